The lowest BCUT2D eigenvalue weighted by Crippen LogP contribution is -2.30. The predicted molar refractivity (Wildman–Crippen MR) is 56.0 cm³/mol. The zero-order valence-electron chi connectivity index (χ0n) is 8.41. The van der Waals surface area contributed by atoms with Crippen molar-refractivity contribution in [1.29, 1.82) is 0 Å². The highest BCUT2D eigenvalue weighted by molar-refractivity contribution is 7.90. The zero-order valence-corrected chi connectivity index (χ0v) is 9.23. The van der Waals surface area contributed by atoms with E-state index < -0.39 is 9.84 Å². The van der Waals surface area contributed by atoms with Crippen molar-refractivity contribution in [3.8, 4) is 0 Å². The first-order chi connectivity index (χ1) is 6.54. The van der Waals surface area contributed by atoms with E-state index in [2.05, 4.69) is 10.2 Å². The summed E-state index contributed by atoms with van der Waals surface area (Å²) in [4.78, 5) is 2.21. The summed E-state index contributed by atoms with van der Waals surface area (Å²) in [6.07, 6.45) is 1.30. The second-order valence-corrected chi connectivity index (χ2v) is 6.41. The third-order valence-electron chi connectivity index (χ3n) is 2.78. The van der Waals surface area contributed by atoms with Crippen molar-refractivity contribution in [3.63, 3.8) is 0 Å². The van der Waals surface area contributed by atoms with Crippen molar-refractivity contribution in [2.75, 3.05) is 44.7 Å². The molecule has 0 saturated heterocycles. The number of hydrogen-bond acceptors (Lipinski definition) is 4. The monoisotopic (exact) mass is 216 g/mol. The lowest BCUT2D eigenvalue weighted by Gasteiger charge is -2.16. The van der Waals surface area contributed by atoms with E-state index in [1.165, 1.54) is 17.4 Å². The van der Waals surface area contributed by atoms with E-state index in [1.54, 1.807) is 0 Å². The molecule has 14 heavy (non-hydrogen) atoms. The number of hydrogen-bond donors (Lipinski definition) is 1. The van der Waals surface area contributed by atoms with Crippen LogP contribution >= 0.6 is 0 Å². The Morgan fingerprint density at radius 1 is 1.29 bits per heavy atom. The van der Waals surface area contributed by atoms with Crippen LogP contribution in [0.4, 0.5) is 0 Å². The predicted octanol–water partition coefficient (Wildman–Crippen LogP) is -0.754. The van der Waals surface area contributed by atoms with Crippen molar-refractivity contribution in [1.82, 2.24) is 10.2 Å². The van der Waals surface area contributed by atoms with Gasteiger partial charge in [-0.2, -0.15) is 0 Å². The Morgan fingerprint density at radius 3 is 2.36 bits per heavy atom. The van der Waals surface area contributed by atoms with Gasteiger partial charge in [0.05, 0.1) is 5.75 Å². The van der Waals surface area contributed by atoms with Crippen molar-refractivity contribution in [2.24, 2.45) is 0 Å². The third-order valence-corrected chi connectivity index (χ3v) is 3.71. The molecule has 0 fully saturated rings. The molecule has 0 unspecified atom stereocenters. The Labute approximate surface area is 84.9 Å². The summed E-state index contributed by atoms with van der Waals surface area (Å²) in [6, 6.07) is 0. The molecule has 1 N–H and O–H groups in total. The number of nitrogens with one attached hydrogen (secondary N) is 1. The molecule has 4 nitrogen and oxygen atoms in total. The number of nitrogens with zero attached hydrogens (tertiary/aromatic N) is 1. The van der Waals surface area contributed by atoms with Crippen LogP contribution in [0.3, 0.4) is 0 Å². The van der Waals surface area contributed by atoms with Gasteiger partial charge >= 0.3 is 0 Å². The van der Waals surface area contributed by atoms with Gasteiger partial charge in [0.1, 0.15) is 9.84 Å². The maximum absolute atomic E-state index is 11.0. The first-order valence-corrected chi connectivity index (χ1v) is 6.91. The molecule has 80 valence electrons. The van der Waals surface area contributed by atoms with Crippen LogP contribution < -0.4 is 5.32 Å². The second-order valence-electron chi connectivity index (χ2n) is 4.15. The van der Waals surface area contributed by atoms with E-state index in [0.29, 0.717) is 6.54 Å². The molecule has 0 aromatic rings. The van der Waals surface area contributed by atoms with E-state index >= 15 is 0 Å². The van der Waals surface area contributed by atoms with Gasteiger partial charge in [0.15, 0.2) is 0 Å². The average molecular weight is 216 g/mol. The lowest BCUT2D eigenvalue weighted by atomic mass is 10.2. The molecule has 0 aromatic carbocycles. The standard InChI is InChI=1S/C9H16N2O2S/c1-14(12,13)3-2-11-6-8-4-10-5-9(8)7-11/h10H,2-7H2,1H3. The minimum atomic E-state index is -2.81. The van der Waals surface area contributed by atoms with Gasteiger partial charge < -0.3 is 5.32 Å². The third kappa shape index (κ3) is 2.34. The Bertz CT molecular complexity index is 343. The molecule has 2 heterocycles. The van der Waals surface area contributed by atoms with Crippen LogP contribution in [-0.4, -0.2) is 58.1 Å². The van der Waals surface area contributed by atoms with E-state index in [-0.39, 0.29) is 5.75 Å². The zero-order chi connectivity index (χ0) is 10.2. The van der Waals surface area contributed by atoms with Crippen LogP contribution in [0.2, 0.25) is 0 Å². The van der Waals surface area contributed by atoms with Gasteiger partial charge in [-0.3, -0.25) is 4.90 Å². The van der Waals surface area contributed by atoms with Crippen LogP contribution in [0.25, 0.3) is 0 Å². The molecule has 0 radical (unpaired) electrons. The van der Waals surface area contributed by atoms with Gasteiger partial charge in [0.2, 0.25) is 0 Å². The fraction of sp³-hybridized carbons (Fsp3) is 0.778. The Balaban J connectivity index is 1.82. The molecular formula is C9H16N2O2S. The molecule has 0 amide bonds. The highest BCUT2D eigenvalue weighted by Crippen LogP contribution is 2.19. The Hall–Kier alpha value is -0.390. The summed E-state index contributed by atoms with van der Waals surface area (Å²) >= 11 is 0. The lowest BCUT2D eigenvalue weighted by molar-refractivity contribution is 0.358. The van der Waals surface area contributed by atoms with Gasteiger partial charge in [-0.25, -0.2) is 8.42 Å². The fourth-order valence-electron chi connectivity index (χ4n) is 2.00. The molecule has 2 rings (SSSR count). The summed E-state index contributed by atoms with van der Waals surface area (Å²) in [5.41, 5.74) is 2.94. The van der Waals surface area contributed by atoms with Gasteiger partial charge in [-0.1, -0.05) is 0 Å². The molecule has 5 heteroatoms. The molecular weight excluding hydrogens is 200 g/mol. The number of rotatable bonds is 3. The van der Waals surface area contributed by atoms with Gasteiger partial charge in [0, 0.05) is 39.0 Å². The summed E-state index contributed by atoms with van der Waals surface area (Å²) in [7, 11) is -2.81. The second kappa shape index (κ2) is 3.64. The topological polar surface area (TPSA) is 49.4 Å². The van der Waals surface area contributed by atoms with E-state index in [1.807, 2.05) is 0 Å². The van der Waals surface area contributed by atoms with Crippen molar-refractivity contribution >= 4 is 9.84 Å². The smallest absolute Gasteiger partial charge is 0.148 e. The van der Waals surface area contributed by atoms with E-state index in [9.17, 15) is 8.42 Å². The normalized spacial score (nSPS) is 23.2. The molecule has 0 saturated carbocycles. The Morgan fingerprint density at radius 2 is 1.86 bits per heavy atom. The minimum Gasteiger partial charge on any atom is -0.309 e. The SMILES string of the molecule is CS(=O)(=O)CCN1CC2=C(CNC2)C1. The maximum Gasteiger partial charge on any atom is 0.148 e. The molecule has 0 aromatic heterocycles. The summed E-state index contributed by atoms with van der Waals surface area (Å²) in [5.74, 6) is 0.279. The van der Waals surface area contributed by atoms with Crippen molar-refractivity contribution < 1.29 is 8.42 Å². The summed E-state index contributed by atoms with van der Waals surface area (Å²) < 4.78 is 22.0. The summed E-state index contributed by atoms with van der Waals surface area (Å²) in [6.45, 7) is 4.57. The highest BCUT2D eigenvalue weighted by atomic mass is 32.2. The van der Waals surface area contributed by atoms with Gasteiger partial charge in [0.25, 0.3) is 0 Å². The van der Waals surface area contributed by atoms with E-state index in [0.717, 1.165) is 26.2 Å². The minimum absolute atomic E-state index is 0.279. The molecule has 2 aliphatic heterocycles. The number of sulfone groups is 1. The molecule has 0 aliphatic carbocycles. The van der Waals surface area contributed by atoms with Gasteiger partial charge in [-0.05, 0) is 11.1 Å². The highest BCUT2D eigenvalue weighted by Gasteiger charge is 2.25. The summed E-state index contributed by atoms with van der Waals surface area (Å²) in [5, 5.41) is 3.30. The first-order valence-electron chi connectivity index (χ1n) is 4.85. The molecule has 0 spiro atoms. The first kappa shape index (κ1) is 10.1. The molecule has 0 bridgehead atoms. The van der Waals surface area contributed by atoms with Gasteiger partial charge in [-0.15, -0.1) is 0 Å². The quantitative estimate of drug-likeness (QED) is 0.630. The maximum atomic E-state index is 11.0. The molecule has 2 aliphatic rings. The molecule has 0 atom stereocenters. The van der Waals surface area contributed by atoms with Crippen LogP contribution in [-0.2, 0) is 9.84 Å². The van der Waals surface area contributed by atoms with Crippen LogP contribution in [0, 0.1) is 0 Å². The van der Waals surface area contributed by atoms with Crippen LogP contribution in [0.5, 0.6) is 0 Å². The van der Waals surface area contributed by atoms with E-state index in [4.69, 9.17) is 0 Å². The van der Waals surface area contributed by atoms with Crippen molar-refractivity contribution in [2.45, 2.75) is 0 Å². The fourth-order valence-corrected chi connectivity index (χ4v) is 2.59. The Kier molecular flexibility index (Phi) is 2.64. The van der Waals surface area contributed by atoms with Crippen LogP contribution in [0.1, 0.15) is 0 Å². The van der Waals surface area contributed by atoms with Crippen LogP contribution in [0.15, 0.2) is 11.1 Å². The average Bonchev–Trinajstić information content (AvgIpc) is 2.56. The largest absolute Gasteiger partial charge is 0.309 e. The van der Waals surface area contributed by atoms with Crippen molar-refractivity contribution in [3.05, 3.63) is 11.1 Å².